The highest BCUT2D eigenvalue weighted by molar-refractivity contribution is 8.03. The highest BCUT2D eigenvalue weighted by Crippen LogP contribution is 2.28. The second-order valence-corrected chi connectivity index (χ2v) is 6.07. The lowest BCUT2D eigenvalue weighted by molar-refractivity contribution is 1.24. The zero-order valence-corrected chi connectivity index (χ0v) is 13.3. The van der Waals surface area contributed by atoms with E-state index in [1.165, 1.54) is 11.3 Å². The SMILES string of the molecule is Cc1csc(/C(C#N)=C/Nc2ccc(SC#N)cc2Cl)n1. The van der Waals surface area contributed by atoms with Crippen molar-refractivity contribution >= 4 is 46.0 Å². The van der Waals surface area contributed by atoms with Crippen molar-refractivity contribution in [2.45, 2.75) is 11.8 Å². The third kappa shape index (κ3) is 3.99. The zero-order chi connectivity index (χ0) is 15.2. The van der Waals surface area contributed by atoms with Gasteiger partial charge in [0, 0.05) is 22.2 Å². The number of thiazole rings is 1. The number of allylic oxidation sites excluding steroid dienone is 1. The van der Waals surface area contributed by atoms with Gasteiger partial charge in [0.2, 0.25) is 0 Å². The number of nitrogens with one attached hydrogen (secondary N) is 1. The number of thioether (sulfide) groups is 1. The van der Waals surface area contributed by atoms with Gasteiger partial charge in [-0.2, -0.15) is 10.5 Å². The summed E-state index contributed by atoms with van der Waals surface area (Å²) >= 11 is 8.59. The van der Waals surface area contributed by atoms with Crippen molar-refractivity contribution in [1.29, 1.82) is 10.5 Å². The molecule has 0 saturated heterocycles. The van der Waals surface area contributed by atoms with Gasteiger partial charge < -0.3 is 5.32 Å². The molecule has 1 aromatic carbocycles. The Kier molecular flexibility index (Phi) is 5.24. The fraction of sp³-hybridized carbons (Fsp3) is 0.0714. The summed E-state index contributed by atoms with van der Waals surface area (Å²) in [6.45, 7) is 1.88. The van der Waals surface area contributed by atoms with Gasteiger partial charge in [-0.25, -0.2) is 4.98 Å². The number of anilines is 1. The van der Waals surface area contributed by atoms with Crippen LogP contribution in [-0.4, -0.2) is 4.98 Å². The van der Waals surface area contributed by atoms with Gasteiger partial charge in [-0.3, -0.25) is 0 Å². The van der Waals surface area contributed by atoms with Crippen molar-refractivity contribution in [1.82, 2.24) is 4.98 Å². The van der Waals surface area contributed by atoms with E-state index in [0.29, 0.717) is 21.3 Å². The fourth-order valence-electron chi connectivity index (χ4n) is 1.50. The molecule has 0 aliphatic carbocycles. The number of halogens is 1. The van der Waals surface area contributed by atoms with Crippen molar-refractivity contribution in [2.75, 3.05) is 5.32 Å². The summed E-state index contributed by atoms with van der Waals surface area (Å²) in [6, 6.07) is 7.36. The van der Waals surface area contributed by atoms with Crippen LogP contribution in [0.25, 0.3) is 5.57 Å². The summed E-state index contributed by atoms with van der Waals surface area (Å²) in [4.78, 5) is 5.04. The standard InChI is InChI=1S/C14H9ClN4S2/c1-9-7-20-14(19-9)10(5-16)6-18-13-3-2-11(21-8-17)4-12(13)15/h2-4,6-7,18H,1H3/b10-6+. The van der Waals surface area contributed by atoms with E-state index in [-0.39, 0.29) is 0 Å². The van der Waals surface area contributed by atoms with E-state index in [1.807, 2.05) is 17.7 Å². The van der Waals surface area contributed by atoms with Crippen LogP contribution in [-0.2, 0) is 0 Å². The Morgan fingerprint density at radius 3 is 2.86 bits per heavy atom. The molecule has 0 atom stereocenters. The molecule has 0 aliphatic heterocycles. The number of benzene rings is 1. The number of rotatable bonds is 4. The second-order valence-electron chi connectivity index (χ2n) is 3.94. The van der Waals surface area contributed by atoms with E-state index in [1.54, 1.807) is 24.4 Å². The molecular weight excluding hydrogens is 324 g/mol. The maximum atomic E-state index is 9.19. The Labute approximate surface area is 135 Å². The minimum Gasteiger partial charge on any atom is -0.359 e. The average Bonchev–Trinajstić information content (AvgIpc) is 2.88. The smallest absolute Gasteiger partial charge is 0.138 e. The summed E-state index contributed by atoms with van der Waals surface area (Å²) in [5.41, 5.74) is 1.99. The summed E-state index contributed by atoms with van der Waals surface area (Å²) < 4.78 is 0. The van der Waals surface area contributed by atoms with Crippen LogP contribution < -0.4 is 5.32 Å². The van der Waals surface area contributed by atoms with Crippen LogP contribution in [0.1, 0.15) is 10.7 Å². The quantitative estimate of drug-likeness (QED) is 0.501. The van der Waals surface area contributed by atoms with Gasteiger partial charge in [-0.1, -0.05) is 11.6 Å². The number of thiocyanates is 1. The van der Waals surface area contributed by atoms with E-state index in [9.17, 15) is 5.26 Å². The van der Waals surface area contributed by atoms with Gasteiger partial charge in [-0.15, -0.1) is 11.3 Å². The van der Waals surface area contributed by atoms with Gasteiger partial charge in [-0.05, 0) is 36.9 Å². The first kappa shape index (κ1) is 15.4. The summed E-state index contributed by atoms with van der Waals surface area (Å²) in [6.07, 6.45) is 1.58. The normalized spacial score (nSPS) is 10.8. The predicted molar refractivity (Wildman–Crippen MR) is 87.0 cm³/mol. The number of hydrogen-bond acceptors (Lipinski definition) is 6. The Morgan fingerprint density at radius 2 is 2.29 bits per heavy atom. The number of aryl methyl sites for hydroxylation is 1. The number of nitrogens with zero attached hydrogens (tertiary/aromatic N) is 3. The van der Waals surface area contributed by atoms with Crippen molar-refractivity contribution < 1.29 is 0 Å². The second kappa shape index (κ2) is 7.14. The minimum absolute atomic E-state index is 0.444. The average molecular weight is 333 g/mol. The molecule has 0 fully saturated rings. The van der Waals surface area contributed by atoms with Gasteiger partial charge >= 0.3 is 0 Å². The maximum Gasteiger partial charge on any atom is 0.138 e. The molecule has 0 radical (unpaired) electrons. The first-order chi connectivity index (χ1) is 10.1. The zero-order valence-electron chi connectivity index (χ0n) is 10.9. The first-order valence-corrected chi connectivity index (χ1v) is 7.86. The molecule has 0 aliphatic rings. The maximum absolute atomic E-state index is 9.19. The van der Waals surface area contributed by atoms with Crippen molar-refractivity contribution in [2.24, 2.45) is 0 Å². The van der Waals surface area contributed by atoms with Gasteiger partial charge in [0.1, 0.15) is 22.1 Å². The van der Waals surface area contributed by atoms with Crippen molar-refractivity contribution in [3.63, 3.8) is 0 Å². The molecule has 104 valence electrons. The summed E-state index contributed by atoms with van der Waals surface area (Å²) in [7, 11) is 0. The van der Waals surface area contributed by atoms with E-state index in [0.717, 1.165) is 22.4 Å². The Balaban J connectivity index is 2.20. The van der Waals surface area contributed by atoms with Crippen LogP contribution in [0.5, 0.6) is 0 Å². The fourth-order valence-corrected chi connectivity index (χ4v) is 2.98. The molecular formula is C14H9ClN4S2. The first-order valence-electron chi connectivity index (χ1n) is 5.79. The molecule has 0 unspecified atom stereocenters. The molecule has 2 aromatic rings. The van der Waals surface area contributed by atoms with Gasteiger partial charge in [0.25, 0.3) is 0 Å². The highest BCUT2D eigenvalue weighted by Gasteiger charge is 2.06. The monoisotopic (exact) mass is 332 g/mol. The van der Waals surface area contributed by atoms with Crippen LogP contribution in [0.15, 0.2) is 34.7 Å². The van der Waals surface area contributed by atoms with Crippen LogP contribution in [0, 0.1) is 28.9 Å². The van der Waals surface area contributed by atoms with E-state index >= 15 is 0 Å². The third-order valence-electron chi connectivity index (χ3n) is 2.45. The van der Waals surface area contributed by atoms with Crippen molar-refractivity contribution in [3.8, 4) is 11.5 Å². The van der Waals surface area contributed by atoms with Gasteiger partial charge in [0.05, 0.1) is 10.7 Å². The molecule has 1 aromatic heterocycles. The topological polar surface area (TPSA) is 72.5 Å². The largest absolute Gasteiger partial charge is 0.359 e. The van der Waals surface area contributed by atoms with Crippen LogP contribution >= 0.6 is 34.7 Å². The molecule has 0 spiro atoms. The minimum atomic E-state index is 0.444. The van der Waals surface area contributed by atoms with Crippen LogP contribution in [0.3, 0.4) is 0 Å². The Morgan fingerprint density at radius 1 is 1.48 bits per heavy atom. The molecule has 1 heterocycles. The Bertz CT molecular complexity index is 768. The molecule has 0 amide bonds. The van der Waals surface area contributed by atoms with E-state index in [4.69, 9.17) is 16.9 Å². The summed E-state index contributed by atoms with van der Waals surface area (Å²) in [5, 5.41) is 25.8. The van der Waals surface area contributed by atoms with Crippen LogP contribution in [0.4, 0.5) is 5.69 Å². The third-order valence-corrected chi connectivity index (χ3v) is 4.33. The van der Waals surface area contributed by atoms with E-state index < -0.39 is 0 Å². The van der Waals surface area contributed by atoms with E-state index in [2.05, 4.69) is 16.4 Å². The Hall–Kier alpha value is -1.99. The molecule has 1 N–H and O–H groups in total. The lowest BCUT2D eigenvalue weighted by atomic mass is 10.3. The number of hydrogen-bond donors (Lipinski definition) is 1. The van der Waals surface area contributed by atoms with Crippen molar-refractivity contribution in [3.05, 3.63) is 45.5 Å². The molecule has 4 nitrogen and oxygen atoms in total. The molecule has 0 bridgehead atoms. The number of nitriles is 2. The van der Waals surface area contributed by atoms with Gasteiger partial charge in [0.15, 0.2) is 0 Å². The molecule has 2 rings (SSSR count). The van der Waals surface area contributed by atoms with Crippen LogP contribution in [0.2, 0.25) is 5.02 Å². The lowest BCUT2D eigenvalue weighted by Gasteiger charge is -2.05. The molecule has 7 heteroatoms. The molecule has 0 saturated carbocycles. The lowest BCUT2D eigenvalue weighted by Crippen LogP contribution is -1.92. The predicted octanol–water partition coefficient (Wildman–Crippen LogP) is 4.65. The number of aromatic nitrogens is 1. The summed E-state index contributed by atoms with van der Waals surface area (Å²) in [5.74, 6) is 0. The molecule has 21 heavy (non-hydrogen) atoms. The highest BCUT2D eigenvalue weighted by atomic mass is 35.5.